The molecule has 0 bridgehead atoms. The summed E-state index contributed by atoms with van der Waals surface area (Å²) in [6, 6.07) is 2.53. The lowest BCUT2D eigenvalue weighted by molar-refractivity contribution is -0.384. The Bertz CT molecular complexity index is 465. The van der Waals surface area contributed by atoms with Crippen LogP contribution in [-0.2, 0) is 4.79 Å². The topological polar surface area (TPSA) is 85.1 Å². The number of anilines is 1. The Morgan fingerprint density at radius 2 is 2.28 bits per heavy atom. The maximum atomic E-state index is 11.7. The molecular weight excluding hydrogens is 258 g/mol. The van der Waals surface area contributed by atoms with Gasteiger partial charge in [0.15, 0.2) is 0 Å². The molecule has 0 spiro atoms. The maximum Gasteiger partial charge on any atom is 0.311 e. The largest absolute Gasteiger partial charge is 0.311 e. The summed E-state index contributed by atoms with van der Waals surface area (Å²) in [5.74, 6) is -0.203. The molecule has 18 heavy (non-hydrogen) atoms. The number of aromatic nitrogens is 1. The van der Waals surface area contributed by atoms with Crippen LogP contribution in [0, 0.1) is 16.0 Å². The van der Waals surface area contributed by atoms with Gasteiger partial charge in [-0.3, -0.25) is 14.9 Å². The highest BCUT2D eigenvalue weighted by molar-refractivity contribution is 6.29. The van der Waals surface area contributed by atoms with Crippen LogP contribution < -0.4 is 5.32 Å². The smallest absolute Gasteiger partial charge is 0.305 e. The van der Waals surface area contributed by atoms with Crippen molar-refractivity contribution in [3.05, 3.63) is 27.4 Å². The Labute approximate surface area is 110 Å². The molecule has 1 heterocycles. The lowest BCUT2D eigenvalue weighted by atomic mass is 10.1. The zero-order valence-corrected chi connectivity index (χ0v) is 10.9. The van der Waals surface area contributed by atoms with Gasteiger partial charge in [0, 0.05) is 12.5 Å². The van der Waals surface area contributed by atoms with Crippen molar-refractivity contribution in [3.63, 3.8) is 0 Å². The van der Waals surface area contributed by atoms with Gasteiger partial charge in [0.25, 0.3) is 0 Å². The van der Waals surface area contributed by atoms with Crippen molar-refractivity contribution in [1.82, 2.24) is 4.98 Å². The highest BCUT2D eigenvalue weighted by Crippen LogP contribution is 2.24. The van der Waals surface area contributed by atoms with E-state index < -0.39 is 4.92 Å². The van der Waals surface area contributed by atoms with Gasteiger partial charge in [-0.25, -0.2) is 4.98 Å². The van der Waals surface area contributed by atoms with E-state index in [4.69, 9.17) is 11.6 Å². The highest BCUT2D eigenvalue weighted by Gasteiger charge is 2.18. The third kappa shape index (κ3) is 3.96. The van der Waals surface area contributed by atoms with E-state index in [1.54, 1.807) is 0 Å². The Balaban J connectivity index is 2.86. The summed E-state index contributed by atoms with van der Waals surface area (Å²) in [6.07, 6.45) is 1.15. The quantitative estimate of drug-likeness (QED) is 0.507. The zero-order valence-electron chi connectivity index (χ0n) is 10.1. The van der Waals surface area contributed by atoms with Crippen molar-refractivity contribution in [2.24, 2.45) is 5.92 Å². The average molecular weight is 272 g/mol. The number of nitro groups is 1. The number of hydrogen-bond acceptors (Lipinski definition) is 4. The van der Waals surface area contributed by atoms with Crippen molar-refractivity contribution in [3.8, 4) is 0 Å². The normalized spacial score (nSPS) is 11.9. The van der Waals surface area contributed by atoms with Crippen LogP contribution in [0.4, 0.5) is 11.5 Å². The van der Waals surface area contributed by atoms with Crippen molar-refractivity contribution in [1.29, 1.82) is 0 Å². The lowest BCUT2D eigenvalue weighted by Gasteiger charge is -2.08. The molecule has 1 N–H and O–H groups in total. The zero-order chi connectivity index (χ0) is 13.7. The number of rotatable bonds is 5. The van der Waals surface area contributed by atoms with E-state index in [0.29, 0.717) is 6.42 Å². The van der Waals surface area contributed by atoms with E-state index in [2.05, 4.69) is 10.3 Å². The summed E-state index contributed by atoms with van der Waals surface area (Å²) < 4.78 is 0. The summed E-state index contributed by atoms with van der Waals surface area (Å²) in [6.45, 7) is 3.90. The molecule has 0 aliphatic rings. The van der Waals surface area contributed by atoms with E-state index in [0.717, 1.165) is 6.42 Å². The molecule has 1 amide bonds. The van der Waals surface area contributed by atoms with Crippen LogP contribution in [0.15, 0.2) is 12.1 Å². The SMILES string of the molecule is CCC(C)CC(=O)Nc1nc(Cl)ccc1[N+](=O)[O-]. The number of carbonyl (C=O) groups is 1. The number of hydrogen-bond donors (Lipinski definition) is 1. The van der Waals surface area contributed by atoms with Gasteiger partial charge < -0.3 is 5.32 Å². The van der Waals surface area contributed by atoms with Crippen molar-refractivity contribution < 1.29 is 9.72 Å². The Kier molecular flexibility index (Phi) is 5.03. The first kappa shape index (κ1) is 14.4. The van der Waals surface area contributed by atoms with Crippen LogP contribution in [0.2, 0.25) is 5.15 Å². The Morgan fingerprint density at radius 1 is 1.61 bits per heavy atom. The highest BCUT2D eigenvalue weighted by atomic mass is 35.5. The summed E-state index contributed by atoms with van der Waals surface area (Å²) in [5.41, 5.74) is -0.267. The van der Waals surface area contributed by atoms with Crippen LogP contribution in [0.1, 0.15) is 26.7 Å². The molecule has 1 aromatic rings. The monoisotopic (exact) mass is 271 g/mol. The van der Waals surface area contributed by atoms with Crippen LogP contribution >= 0.6 is 11.6 Å². The van der Waals surface area contributed by atoms with Gasteiger partial charge in [-0.1, -0.05) is 31.9 Å². The van der Waals surface area contributed by atoms with Gasteiger partial charge in [-0.15, -0.1) is 0 Å². The van der Waals surface area contributed by atoms with Crippen LogP contribution in [0.25, 0.3) is 0 Å². The molecule has 7 heteroatoms. The summed E-state index contributed by atoms with van der Waals surface area (Å²) in [7, 11) is 0. The average Bonchev–Trinajstić information content (AvgIpc) is 2.28. The summed E-state index contributed by atoms with van der Waals surface area (Å²) >= 11 is 5.65. The first-order valence-corrected chi connectivity index (χ1v) is 5.92. The third-order valence-electron chi connectivity index (χ3n) is 2.53. The van der Waals surface area contributed by atoms with E-state index in [9.17, 15) is 14.9 Å². The summed E-state index contributed by atoms with van der Waals surface area (Å²) in [5, 5.41) is 13.3. The minimum Gasteiger partial charge on any atom is -0.305 e. The van der Waals surface area contributed by atoms with E-state index in [1.165, 1.54) is 12.1 Å². The number of amides is 1. The van der Waals surface area contributed by atoms with Crippen molar-refractivity contribution in [2.45, 2.75) is 26.7 Å². The predicted octanol–water partition coefficient (Wildman–Crippen LogP) is 3.02. The number of carbonyl (C=O) groups excluding carboxylic acids is 1. The Morgan fingerprint density at radius 3 is 2.83 bits per heavy atom. The van der Waals surface area contributed by atoms with Gasteiger partial charge >= 0.3 is 5.69 Å². The molecule has 0 saturated heterocycles. The minimum absolute atomic E-state index is 0.0967. The molecule has 98 valence electrons. The van der Waals surface area contributed by atoms with Crippen LogP contribution in [-0.4, -0.2) is 15.8 Å². The first-order valence-electron chi connectivity index (χ1n) is 5.54. The molecule has 0 aliphatic heterocycles. The number of nitrogens with one attached hydrogen (secondary N) is 1. The molecule has 1 unspecified atom stereocenters. The van der Waals surface area contributed by atoms with E-state index in [-0.39, 0.29) is 28.5 Å². The van der Waals surface area contributed by atoms with Crippen molar-refractivity contribution in [2.75, 3.05) is 5.32 Å². The molecule has 1 rings (SSSR count). The second-order valence-corrected chi connectivity index (χ2v) is 4.41. The standard InChI is InChI=1S/C11H14ClN3O3/c1-3-7(2)6-10(16)14-11-8(15(17)18)4-5-9(12)13-11/h4-5,7H,3,6H2,1-2H3,(H,13,14,16). The number of nitrogens with zero attached hydrogens (tertiary/aromatic N) is 2. The van der Waals surface area contributed by atoms with Gasteiger partial charge in [-0.05, 0) is 12.0 Å². The van der Waals surface area contributed by atoms with Crippen molar-refractivity contribution >= 4 is 29.0 Å². The maximum absolute atomic E-state index is 11.7. The fraction of sp³-hybridized carbons (Fsp3) is 0.455. The fourth-order valence-corrected chi connectivity index (χ4v) is 1.46. The molecule has 1 atom stereocenters. The van der Waals surface area contributed by atoms with Gasteiger partial charge in [-0.2, -0.15) is 0 Å². The van der Waals surface area contributed by atoms with E-state index >= 15 is 0 Å². The van der Waals surface area contributed by atoms with Crippen LogP contribution in [0.3, 0.4) is 0 Å². The van der Waals surface area contributed by atoms with Crippen LogP contribution in [0.5, 0.6) is 0 Å². The molecular formula is C11H14ClN3O3. The first-order chi connectivity index (χ1) is 8.43. The van der Waals surface area contributed by atoms with E-state index in [1.807, 2.05) is 13.8 Å². The Hall–Kier alpha value is -1.69. The fourth-order valence-electron chi connectivity index (χ4n) is 1.31. The molecule has 6 nitrogen and oxygen atoms in total. The predicted molar refractivity (Wildman–Crippen MR) is 68.6 cm³/mol. The molecule has 0 aromatic carbocycles. The third-order valence-corrected chi connectivity index (χ3v) is 2.74. The second-order valence-electron chi connectivity index (χ2n) is 4.02. The summed E-state index contributed by atoms with van der Waals surface area (Å²) in [4.78, 5) is 25.6. The molecule has 0 saturated carbocycles. The number of pyridine rings is 1. The van der Waals surface area contributed by atoms with Gasteiger partial charge in [0.05, 0.1) is 4.92 Å². The molecule has 0 fully saturated rings. The van der Waals surface area contributed by atoms with Gasteiger partial charge in [0.1, 0.15) is 5.15 Å². The molecule has 0 radical (unpaired) electrons. The van der Waals surface area contributed by atoms with Gasteiger partial charge in [0.2, 0.25) is 11.7 Å². The number of halogens is 1. The molecule has 1 aromatic heterocycles. The molecule has 0 aliphatic carbocycles. The lowest BCUT2D eigenvalue weighted by Crippen LogP contribution is -2.16. The minimum atomic E-state index is -0.609. The second kappa shape index (κ2) is 6.30.